The van der Waals surface area contributed by atoms with Crippen molar-refractivity contribution in [1.29, 1.82) is 0 Å². The lowest BCUT2D eigenvalue weighted by Crippen LogP contribution is -2.52. The van der Waals surface area contributed by atoms with Crippen LogP contribution >= 0.6 is 0 Å². The first-order chi connectivity index (χ1) is 8.10. The van der Waals surface area contributed by atoms with Gasteiger partial charge in [-0.2, -0.15) is 0 Å². The van der Waals surface area contributed by atoms with Crippen molar-refractivity contribution in [2.24, 2.45) is 0 Å². The number of hydrogen-bond donors (Lipinski definition) is 1. The maximum absolute atomic E-state index is 11.1. The van der Waals surface area contributed by atoms with Gasteiger partial charge in [0.05, 0.1) is 5.60 Å². The van der Waals surface area contributed by atoms with E-state index in [9.17, 15) is 4.21 Å². The molecule has 100 valence electrons. The van der Waals surface area contributed by atoms with Gasteiger partial charge in [-0.25, -0.2) is 0 Å². The Morgan fingerprint density at radius 3 is 2.88 bits per heavy atom. The molecule has 2 fully saturated rings. The van der Waals surface area contributed by atoms with Crippen LogP contribution in [0.25, 0.3) is 0 Å². The van der Waals surface area contributed by atoms with E-state index in [1.54, 1.807) is 6.26 Å². The lowest BCUT2D eigenvalue weighted by atomic mass is 9.74. The van der Waals surface area contributed by atoms with Crippen LogP contribution in [0.4, 0.5) is 0 Å². The highest BCUT2D eigenvalue weighted by Gasteiger charge is 2.42. The molecule has 1 saturated carbocycles. The average Bonchev–Trinajstić information content (AvgIpc) is 2.25. The van der Waals surface area contributed by atoms with Gasteiger partial charge >= 0.3 is 0 Å². The number of nitrogens with one attached hydrogen (secondary N) is 1. The molecule has 3 atom stereocenters. The van der Waals surface area contributed by atoms with Crippen LogP contribution in [0, 0.1) is 0 Å². The summed E-state index contributed by atoms with van der Waals surface area (Å²) in [5.74, 6) is 0.808. The summed E-state index contributed by atoms with van der Waals surface area (Å²) < 4.78 is 17.0. The molecule has 1 spiro atoms. The zero-order valence-corrected chi connectivity index (χ0v) is 11.9. The van der Waals surface area contributed by atoms with Gasteiger partial charge in [-0.1, -0.05) is 0 Å². The summed E-state index contributed by atoms with van der Waals surface area (Å²) in [6.45, 7) is 3.11. The molecule has 3 nitrogen and oxygen atoms in total. The van der Waals surface area contributed by atoms with Gasteiger partial charge in [0.1, 0.15) is 0 Å². The average molecular weight is 259 g/mol. The second-order valence-corrected chi connectivity index (χ2v) is 7.26. The highest BCUT2D eigenvalue weighted by Crippen LogP contribution is 2.42. The molecule has 1 heterocycles. The third kappa shape index (κ3) is 3.76. The van der Waals surface area contributed by atoms with Gasteiger partial charge < -0.3 is 10.1 Å². The molecule has 0 amide bonds. The minimum absolute atomic E-state index is 0.225. The van der Waals surface area contributed by atoms with Crippen LogP contribution in [0.2, 0.25) is 0 Å². The van der Waals surface area contributed by atoms with E-state index in [1.807, 2.05) is 0 Å². The predicted octanol–water partition coefficient (Wildman–Crippen LogP) is 1.83. The topological polar surface area (TPSA) is 38.3 Å². The third-order valence-corrected chi connectivity index (χ3v) is 4.93. The van der Waals surface area contributed by atoms with Gasteiger partial charge in [-0.15, -0.1) is 0 Å². The van der Waals surface area contributed by atoms with Crippen molar-refractivity contribution in [1.82, 2.24) is 5.32 Å². The van der Waals surface area contributed by atoms with E-state index in [-0.39, 0.29) is 5.60 Å². The van der Waals surface area contributed by atoms with Crippen LogP contribution in [0.1, 0.15) is 45.4 Å². The minimum Gasteiger partial charge on any atom is -0.375 e. The van der Waals surface area contributed by atoms with Crippen LogP contribution < -0.4 is 5.32 Å². The second kappa shape index (κ2) is 5.81. The van der Waals surface area contributed by atoms with Gasteiger partial charge in [-0.3, -0.25) is 4.21 Å². The third-order valence-electron chi connectivity index (χ3n) is 4.12. The summed E-state index contributed by atoms with van der Waals surface area (Å²) in [4.78, 5) is 0. The van der Waals surface area contributed by atoms with Gasteiger partial charge in [0.25, 0.3) is 0 Å². The molecule has 0 aromatic rings. The van der Waals surface area contributed by atoms with Gasteiger partial charge in [0.2, 0.25) is 0 Å². The Bertz CT molecular complexity index is 279. The molecule has 0 aromatic carbocycles. The van der Waals surface area contributed by atoms with Crippen molar-refractivity contribution in [2.45, 2.75) is 63.1 Å². The molecule has 0 bridgehead atoms. The molecular formula is C13H25NO2S. The van der Waals surface area contributed by atoms with Crippen LogP contribution in [0.5, 0.6) is 0 Å². The molecule has 1 saturated heterocycles. The number of hydrogen-bond acceptors (Lipinski definition) is 3. The van der Waals surface area contributed by atoms with E-state index in [2.05, 4.69) is 12.2 Å². The molecule has 4 heteroatoms. The molecule has 1 aliphatic heterocycles. The van der Waals surface area contributed by atoms with E-state index >= 15 is 0 Å². The van der Waals surface area contributed by atoms with Crippen LogP contribution in [0.15, 0.2) is 0 Å². The fourth-order valence-corrected chi connectivity index (χ4v) is 3.60. The van der Waals surface area contributed by atoms with E-state index in [1.165, 1.54) is 25.7 Å². The van der Waals surface area contributed by atoms with Crippen molar-refractivity contribution < 1.29 is 8.95 Å². The van der Waals surface area contributed by atoms with Gasteiger partial charge in [0.15, 0.2) is 0 Å². The Labute approximate surface area is 107 Å². The lowest BCUT2D eigenvalue weighted by Gasteiger charge is -2.47. The van der Waals surface area contributed by atoms with E-state index in [0.717, 1.165) is 25.2 Å². The Morgan fingerprint density at radius 2 is 2.29 bits per heavy atom. The highest BCUT2D eigenvalue weighted by molar-refractivity contribution is 7.84. The molecule has 1 N–H and O–H groups in total. The fourth-order valence-electron chi connectivity index (χ4n) is 2.92. The van der Waals surface area contributed by atoms with Crippen molar-refractivity contribution in [3.05, 3.63) is 0 Å². The Balaban J connectivity index is 1.72. The van der Waals surface area contributed by atoms with Crippen LogP contribution in [-0.4, -0.2) is 40.5 Å². The van der Waals surface area contributed by atoms with Crippen molar-refractivity contribution in [3.63, 3.8) is 0 Å². The summed E-state index contributed by atoms with van der Waals surface area (Å²) >= 11 is 0. The summed E-state index contributed by atoms with van der Waals surface area (Å²) in [7, 11) is -0.663. The quantitative estimate of drug-likeness (QED) is 0.818. The monoisotopic (exact) mass is 259 g/mol. The van der Waals surface area contributed by atoms with Crippen LogP contribution in [0.3, 0.4) is 0 Å². The standard InChI is InChI=1S/C13H25NO2S/c1-11(5-9-17(2)15)14-12-4-8-16-13(10-12)6-3-7-13/h11-12,14H,3-10H2,1-2H3. The van der Waals surface area contributed by atoms with E-state index in [0.29, 0.717) is 12.1 Å². The van der Waals surface area contributed by atoms with Crippen molar-refractivity contribution in [3.8, 4) is 0 Å². The van der Waals surface area contributed by atoms with Gasteiger partial charge in [-0.05, 0) is 45.4 Å². The first-order valence-corrected chi connectivity index (χ1v) is 8.52. The molecule has 3 unspecified atom stereocenters. The maximum atomic E-state index is 11.1. The van der Waals surface area contributed by atoms with Crippen molar-refractivity contribution in [2.75, 3.05) is 18.6 Å². The normalized spacial score (nSPS) is 30.8. The molecule has 0 aromatic heterocycles. The highest BCUT2D eigenvalue weighted by atomic mass is 32.2. The van der Waals surface area contributed by atoms with Crippen molar-refractivity contribution >= 4 is 10.8 Å². The minimum atomic E-state index is -0.663. The zero-order valence-electron chi connectivity index (χ0n) is 11.0. The summed E-state index contributed by atoms with van der Waals surface area (Å²) in [5.41, 5.74) is 0.225. The smallest absolute Gasteiger partial charge is 0.0697 e. The predicted molar refractivity (Wildman–Crippen MR) is 71.7 cm³/mol. The zero-order chi connectivity index (χ0) is 12.3. The maximum Gasteiger partial charge on any atom is 0.0697 e. The summed E-state index contributed by atoms with van der Waals surface area (Å²) in [6.07, 6.45) is 8.92. The number of ether oxygens (including phenoxy) is 1. The number of rotatable bonds is 5. The van der Waals surface area contributed by atoms with E-state index in [4.69, 9.17) is 4.74 Å². The van der Waals surface area contributed by atoms with Crippen LogP contribution in [-0.2, 0) is 15.5 Å². The first-order valence-electron chi connectivity index (χ1n) is 6.80. The first kappa shape index (κ1) is 13.5. The molecule has 2 rings (SSSR count). The van der Waals surface area contributed by atoms with Gasteiger partial charge in [0, 0.05) is 41.5 Å². The molecule has 17 heavy (non-hydrogen) atoms. The second-order valence-electron chi connectivity index (χ2n) is 5.71. The fraction of sp³-hybridized carbons (Fsp3) is 1.00. The SMILES string of the molecule is CC(CCS(C)=O)NC1CCOC2(CCC2)C1. The Hall–Kier alpha value is 0.0700. The Kier molecular flexibility index (Phi) is 4.61. The molecule has 1 aliphatic carbocycles. The Morgan fingerprint density at radius 1 is 1.53 bits per heavy atom. The largest absolute Gasteiger partial charge is 0.375 e. The summed E-state index contributed by atoms with van der Waals surface area (Å²) in [6, 6.07) is 1.07. The summed E-state index contributed by atoms with van der Waals surface area (Å²) in [5, 5.41) is 3.68. The lowest BCUT2D eigenvalue weighted by molar-refractivity contribution is -0.136. The molecular weight excluding hydrogens is 234 g/mol. The molecule has 0 radical (unpaired) electrons. The van der Waals surface area contributed by atoms with E-state index < -0.39 is 10.8 Å². The molecule has 2 aliphatic rings.